The monoisotopic (exact) mass is 283 g/mol. The first-order chi connectivity index (χ1) is 9.13. The van der Waals surface area contributed by atoms with Crippen molar-refractivity contribution in [3.8, 4) is 0 Å². The zero-order valence-corrected chi connectivity index (χ0v) is 12.6. The molecule has 0 amide bonds. The molecule has 19 heavy (non-hydrogen) atoms. The molecule has 0 aliphatic rings. The van der Waals surface area contributed by atoms with Gasteiger partial charge in [0.25, 0.3) is 0 Å². The van der Waals surface area contributed by atoms with Gasteiger partial charge in [0.15, 0.2) is 0 Å². The number of rotatable bonds is 7. The van der Waals surface area contributed by atoms with E-state index in [1.807, 2.05) is 31.2 Å². The molecule has 0 radical (unpaired) electrons. The van der Waals surface area contributed by atoms with Crippen molar-refractivity contribution in [1.82, 2.24) is 4.90 Å². The Hall–Kier alpha value is -1.06. The van der Waals surface area contributed by atoms with E-state index in [2.05, 4.69) is 18.7 Å². The molecule has 1 atom stereocenters. The second kappa shape index (κ2) is 8.18. The van der Waals surface area contributed by atoms with Gasteiger partial charge in [0, 0.05) is 11.1 Å². The molecule has 106 valence electrons. The first-order valence-corrected chi connectivity index (χ1v) is 7.15. The van der Waals surface area contributed by atoms with Gasteiger partial charge in [-0.05, 0) is 31.6 Å². The van der Waals surface area contributed by atoms with Crippen molar-refractivity contribution in [3.63, 3.8) is 0 Å². The van der Waals surface area contributed by atoms with E-state index in [1.54, 1.807) is 0 Å². The Morgan fingerprint density at radius 3 is 2.42 bits per heavy atom. The fourth-order valence-corrected chi connectivity index (χ4v) is 2.48. The lowest BCUT2D eigenvalue weighted by Gasteiger charge is -2.30. The van der Waals surface area contributed by atoms with Crippen LogP contribution in [0.2, 0.25) is 5.02 Å². The third-order valence-electron chi connectivity index (χ3n) is 3.18. The summed E-state index contributed by atoms with van der Waals surface area (Å²) in [6.07, 6.45) is 0.333. The van der Waals surface area contributed by atoms with Gasteiger partial charge in [-0.25, -0.2) is 0 Å². The summed E-state index contributed by atoms with van der Waals surface area (Å²) in [5, 5.41) is 0.698. The van der Waals surface area contributed by atoms with Gasteiger partial charge < -0.3 is 4.74 Å². The Balaban J connectivity index is 2.98. The molecule has 0 aliphatic carbocycles. The Kier molecular flexibility index (Phi) is 6.89. The van der Waals surface area contributed by atoms with Crippen LogP contribution in [0, 0.1) is 0 Å². The van der Waals surface area contributed by atoms with E-state index < -0.39 is 0 Å². The number of nitrogens with zero attached hydrogens (tertiary/aromatic N) is 1. The lowest BCUT2D eigenvalue weighted by Crippen LogP contribution is -2.30. The van der Waals surface area contributed by atoms with E-state index in [1.165, 1.54) is 0 Å². The van der Waals surface area contributed by atoms with Crippen molar-refractivity contribution in [2.24, 2.45) is 0 Å². The minimum absolute atomic E-state index is 0.0252. The molecule has 4 heteroatoms. The SMILES string of the molecule is CCOC(=O)C[C@@H](c1ccccc1Cl)N(CC)CC. The summed E-state index contributed by atoms with van der Waals surface area (Å²) in [5.74, 6) is -0.181. The van der Waals surface area contributed by atoms with Crippen molar-refractivity contribution >= 4 is 17.6 Å². The van der Waals surface area contributed by atoms with E-state index >= 15 is 0 Å². The maximum absolute atomic E-state index is 11.8. The van der Waals surface area contributed by atoms with Crippen LogP contribution < -0.4 is 0 Å². The fourth-order valence-electron chi connectivity index (χ4n) is 2.22. The molecule has 1 aromatic carbocycles. The molecule has 0 bridgehead atoms. The number of hydrogen-bond acceptors (Lipinski definition) is 3. The molecule has 0 aromatic heterocycles. The topological polar surface area (TPSA) is 29.5 Å². The van der Waals surface area contributed by atoms with Crippen LogP contribution in [0.5, 0.6) is 0 Å². The fraction of sp³-hybridized carbons (Fsp3) is 0.533. The maximum Gasteiger partial charge on any atom is 0.307 e. The summed E-state index contributed by atoms with van der Waals surface area (Å²) in [4.78, 5) is 14.0. The molecule has 0 saturated heterocycles. The normalized spacial score (nSPS) is 12.5. The van der Waals surface area contributed by atoms with Crippen LogP contribution in [-0.4, -0.2) is 30.6 Å². The van der Waals surface area contributed by atoms with Crippen LogP contribution in [0.3, 0.4) is 0 Å². The third kappa shape index (κ3) is 4.51. The lowest BCUT2D eigenvalue weighted by molar-refractivity contribution is -0.144. The van der Waals surface area contributed by atoms with Gasteiger partial charge in [0.05, 0.1) is 13.0 Å². The molecule has 0 heterocycles. The number of halogens is 1. The minimum atomic E-state index is -0.181. The highest BCUT2D eigenvalue weighted by molar-refractivity contribution is 6.31. The highest BCUT2D eigenvalue weighted by Crippen LogP contribution is 2.30. The third-order valence-corrected chi connectivity index (χ3v) is 3.53. The van der Waals surface area contributed by atoms with Crippen molar-refractivity contribution in [2.75, 3.05) is 19.7 Å². The van der Waals surface area contributed by atoms with Crippen LogP contribution in [-0.2, 0) is 9.53 Å². The van der Waals surface area contributed by atoms with Crippen LogP contribution in [0.4, 0.5) is 0 Å². The van der Waals surface area contributed by atoms with E-state index in [4.69, 9.17) is 16.3 Å². The standard InChI is InChI=1S/C15H22ClNO2/c1-4-17(5-2)14(11-15(18)19-6-3)12-9-7-8-10-13(12)16/h7-10,14H,4-6,11H2,1-3H3/t14-/m0/s1. The maximum atomic E-state index is 11.8. The van der Waals surface area contributed by atoms with Crippen molar-refractivity contribution in [3.05, 3.63) is 34.9 Å². The number of carbonyl (C=O) groups is 1. The second-order valence-electron chi connectivity index (χ2n) is 4.27. The molecule has 3 nitrogen and oxygen atoms in total. The Morgan fingerprint density at radius 1 is 1.26 bits per heavy atom. The quantitative estimate of drug-likeness (QED) is 0.715. The molecule has 0 saturated carbocycles. The highest BCUT2D eigenvalue weighted by Gasteiger charge is 2.23. The molecular formula is C15H22ClNO2. The van der Waals surface area contributed by atoms with Gasteiger partial charge in [0.1, 0.15) is 0 Å². The first-order valence-electron chi connectivity index (χ1n) is 6.78. The Bertz CT molecular complexity index is 405. The minimum Gasteiger partial charge on any atom is -0.466 e. The number of benzene rings is 1. The summed E-state index contributed by atoms with van der Waals surface area (Å²) in [7, 11) is 0. The van der Waals surface area contributed by atoms with Crippen LogP contribution in [0.25, 0.3) is 0 Å². The first kappa shape index (κ1) is 16.0. The van der Waals surface area contributed by atoms with Gasteiger partial charge in [-0.15, -0.1) is 0 Å². The van der Waals surface area contributed by atoms with Gasteiger partial charge in [-0.2, -0.15) is 0 Å². The lowest BCUT2D eigenvalue weighted by atomic mass is 10.0. The molecule has 0 fully saturated rings. The molecule has 1 aromatic rings. The Labute approximate surface area is 120 Å². The smallest absolute Gasteiger partial charge is 0.307 e. The van der Waals surface area contributed by atoms with Crippen molar-refractivity contribution < 1.29 is 9.53 Å². The second-order valence-corrected chi connectivity index (χ2v) is 4.67. The van der Waals surface area contributed by atoms with E-state index in [0.717, 1.165) is 18.7 Å². The number of esters is 1. The summed E-state index contributed by atoms with van der Waals surface area (Å²) in [6, 6.07) is 7.66. The molecule has 0 unspecified atom stereocenters. The molecule has 0 spiro atoms. The average Bonchev–Trinajstić information content (AvgIpc) is 2.40. The summed E-state index contributed by atoms with van der Waals surface area (Å²) in [5.41, 5.74) is 0.987. The predicted octanol–water partition coefficient (Wildman–Crippen LogP) is 3.68. The predicted molar refractivity (Wildman–Crippen MR) is 78.4 cm³/mol. The largest absolute Gasteiger partial charge is 0.466 e. The highest BCUT2D eigenvalue weighted by atomic mass is 35.5. The average molecular weight is 284 g/mol. The molecule has 0 aliphatic heterocycles. The number of ether oxygens (including phenoxy) is 1. The molecular weight excluding hydrogens is 262 g/mol. The van der Waals surface area contributed by atoms with E-state index in [-0.39, 0.29) is 12.0 Å². The molecule has 1 rings (SSSR count). The number of carbonyl (C=O) groups excluding carboxylic acids is 1. The van der Waals surface area contributed by atoms with Crippen LogP contribution >= 0.6 is 11.6 Å². The summed E-state index contributed by atoms with van der Waals surface area (Å²) < 4.78 is 5.06. The summed E-state index contributed by atoms with van der Waals surface area (Å²) >= 11 is 6.26. The van der Waals surface area contributed by atoms with Crippen molar-refractivity contribution in [1.29, 1.82) is 0 Å². The number of hydrogen-bond donors (Lipinski definition) is 0. The van der Waals surface area contributed by atoms with Gasteiger partial charge >= 0.3 is 5.97 Å². The Morgan fingerprint density at radius 2 is 1.89 bits per heavy atom. The van der Waals surface area contributed by atoms with E-state index in [9.17, 15) is 4.79 Å². The van der Waals surface area contributed by atoms with Crippen molar-refractivity contribution in [2.45, 2.75) is 33.2 Å². The van der Waals surface area contributed by atoms with Gasteiger partial charge in [0.2, 0.25) is 0 Å². The van der Waals surface area contributed by atoms with Gasteiger partial charge in [-0.1, -0.05) is 43.6 Å². The zero-order valence-electron chi connectivity index (χ0n) is 11.9. The summed E-state index contributed by atoms with van der Waals surface area (Å²) in [6.45, 7) is 8.13. The van der Waals surface area contributed by atoms with Crippen LogP contribution in [0.1, 0.15) is 38.8 Å². The molecule has 0 N–H and O–H groups in total. The van der Waals surface area contributed by atoms with Crippen LogP contribution in [0.15, 0.2) is 24.3 Å². The van der Waals surface area contributed by atoms with Gasteiger partial charge in [-0.3, -0.25) is 9.69 Å². The van der Waals surface area contributed by atoms with E-state index in [0.29, 0.717) is 18.1 Å². The zero-order chi connectivity index (χ0) is 14.3.